The number of nitrogens with two attached hydrogens (primary N) is 1. The first-order valence-corrected chi connectivity index (χ1v) is 6.56. The Morgan fingerprint density at radius 2 is 1.81 bits per heavy atom. The van der Waals surface area contributed by atoms with Gasteiger partial charge < -0.3 is 16.2 Å². The van der Waals surface area contributed by atoms with Gasteiger partial charge in [-0.1, -0.05) is 12.1 Å². The maximum absolute atomic E-state index is 11.5. The maximum Gasteiger partial charge on any atom is 0.303 e. The molecule has 0 atom stereocenters. The summed E-state index contributed by atoms with van der Waals surface area (Å²) < 4.78 is 0. The van der Waals surface area contributed by atoms with Crippen LogP contribution in [-0.2, 0) is 9.59 Å². The summed E-state index contributed by atoms with van der Waals surface area (Å²) in [6.07, 6.45) is 4.28. The SMILES string of the molecule is NC(=O)c1ccc(C=CC(=O)NCCCCC(=O)O)cc1. The monoisotopic (exact) mass is 290 g/mol. The van der Waals surface area contributed by atoms with Crippen LogP contribution in [0.15, 0.2) is 30.3 Å². The molecule has 2 amide bonds. The van der Waals surface area contributed by atoms with Gasteiger partial charge in [0.2, 0.25) is 11.8 Å². The number of carbonyl (C=O) groups excluding carboxylic acids is 2. The molecule has 0 heterocycles. The minimum absolute atomic E-state index is 0.109. The largest absolute Gasteiger partial charge is 0.481 e. The third-order valence-electron chi connectivity index (χ3n) is 2.74. The number of nitrogens with one attached hydrogen (secondary N) is 1. The van der Waals surface area contributed by atoms with E-state index in [2.05, 4.69) is 5.32 Å². The Balaban J connectivity index is 2.33. The standard InChI is InChI=1S/C15H18N2O4/c16-15(21)12-7-4-11(5-8-12)6-9-13(18)17-10-2-1-3-14(19)20/h4-9H,1-3,10H2,(H2,16,21)(H,17,18)(H,19,20). The summed E-state index contributed by atoms with van der Waals surface area (Å²) >= 11 is 0. The second-order valence-electron chi connectivity index (χ2n) is 4.46. The van der Waals surface area contributed by atoms with Crippen LogP contribution in [0.4, 0.5) is 0 Å². The Bertz CT molecular complexity index is 535. The van der Waals surface area contributed by atoms with Crippen LogP contribution in [0.5, 0.6) is 0 Å². The van der Waals surface area contributed by atoms with Gasteiger partial charge in [0.15, 0.2) is 0 Å². The van der Waals surface area contributed by atoms with E-state index in [0.717, 1.165) is 5.56 Å². The van der Waals surface area contributed by atoms with Gasteiger partial charge in [-0.2, -0.15) is 0 Å². The molecule has 0 aliphatic rings. The van der Waals surface area contributed by atoms with Gasteiger partial charge in [0.25, 0.3) is 0 Å². The lowest BCUT2D eigenvalue weighted by Gasteiger charge is -2.01. The Kier molecular flexibility index (Phi) is 6.67. The van der Waals surface area contributed by atoms with Crippen molar-refractivity contribution >= 4 is 23.9 Å². The zero-order valence-electron chi connectivity index (χ0n) is 11.5. The Labute approximate surface area is 122 Å². The number of amides is 2. The molecule has 0 aromatic heterocycles. The summed E-state index contributed by atoms with van der Waals surface area (Å²) in [5.41, 5.74) is 6.32. The van der Waals surface area contributed by atoms with Gasteiger partial charge in [-0.3, -0.25) is 14.4 Å². The predicted octanol–water partition coefficient (Wildman–Crippen LogP) is 1.17. The Morgan fingerprint density at radius 3 is 2.38 bits per heavy atom. The third kappa shape index (κ3) is 6.91. The molecule has 4 N–H and O–H groups in total. The number of primary amides is 1. The topological polar surface area (TPSA) is 109 Å². The average Bonchev–Trinajstić information content (AvgIpc) is 2.44. The summed E-state index contributed by atoms with van der Waals surface area (Å²) in [6.45, 7) is 0.442. The summed E-state index contributed by atoms with van der Waals surface area (Å²) in [5, 5.41) is 11.1. The summed E-state index contributed by atoms with van der Waals surface area (Å²) in [4.78, 5) is 32.7. The van der Waals surface area contributed by atoms with Crippen molar-refractivity contribution in [1.29, 1.82) is 0 Å². The number of carbonyl (C=O) groups is 3. The van der Waals surface area contributed by atoms with Crippen LogP contribution in [0.1, 0.15) is 35.2 Å². The Hall–Kier alpha value is -2.63. The number of aliphatic carboxylic acids is 1. The molecular weight excluding hydrogens is 272 g/mol. The summed E-state index contributed by atoms with van der Waals surface area (Å²) in [7, 11) is 0. The maximum atomic E-state index is 11.5. The van der Waals surface area contributed by atoms with Crippen molar-refractivity contribution in [3.05, 3.63) is 41.5 Å². The highest BCUT2D eigenvalue weighted by Crippen LogP contribution is 2.05. The minimum Gasteiger partial charge on any atom is -0.481 e. The normalized spacial score (nSPS) is 10.5. The highest BCUT2D eigenvalue weighted by molar-refractivity contribution is 5.94. The molecule has 1 rings (SSSR count). The van der Waals surface area contributed by atoms with E-state index in [4.69, 9.17) is 10.8 Å². The van der Waals surface area contributed by atoms with Gasteiger partial charge >= 0.3 is 5.97 Å². The van der Waals surface area contributed by atoms with Gasteiger partial charge in [-0.25, -0.2) is 0 Å². The molecule has 6 heteroatoms. The molecule has 112 valence electrons. The van der Waals surface area contributed by atoms with E-state index < -0.39 is 11.9 Å². The fraction of sp³-hybridized carbons (Fsp3) is 0.267. The number of carboxylic acid groups (broad SMARTS) is 1. The second kappa shape index (κ2) is 8.52. The smallest absolute Gasteiger partial charge is 0.303 e. The number of hydrogen-bond acceptors (Lipinski definition) is 3. The summed E-state index contributed by atoms with van der Waals surface area (Å²) in [6, 6.07) is 6.56. The van der Waals surface area contributed by atoms with E-state index in [-0.39, 0.29) is 12.3 Å². The van der Waals surface area contributed by atoms with Crippen LogP contribution in [0.25, 0.3) is 6.08 Å². The van der Waals surface area contributed by atoms with Crippen molar-refractivity contribution in [2.75, 3.05) is 6.54 Å². The van der Waals surface area contributed by atoms with Gasteiger partial charge in [-0.15, -0.1) is 0 Å². The highest BCUT2D eigenvalue weighted by Gasteiger charge is 2.00. The first-order chi connectivity index (χ1) is 9.99. The molecule has 1 aromatic carbocycles. The lowest BCUT2D eigenvalue weighted by atomic mass is 10.1. The number of benzene rings is 1. The van der Waals surface area contributed by atoms with Crippen molar-refractivity contribution < 1.29 is 19.5 Å². The second-order valence-corrected chi connectivity index (χ2v) is 4.46. The molecule has 21 heavy (non-hydrogen) atoms. The quantitative estimate of drug-likeness (QED) is 0.493. The van der Waals surface area contributed by atoms with Crippen LogP contribution in [0.2, 0.25) is 0 Å². The van der Waals surface area contributed by atoms with Gasteiger partial charge in [0.1, 0.15) is 0 Å². The Morgan fingerprint density at radius 1 is 1.14 bits per heavy atom. The van der Waals surface area contributed by atoms with E-state index in [9.17, 15) is 14.4 Å². The van der Waals surface area contributed by atoms with Crippen molar-refractivity contribution in [3.8, 4) is 0 Å². The first kappa shape index (κ1) is 16.4. The molecule has 0 saturated heterocycles. The van der Waals surface area contributed by atoms with Crippen LogP contribution >= 0.6 is 0 Å². The molecule has 0 aliphatic heterocycles. The minimum atomic E-state index is -0.833. The molecule has 0 unspecified atom stereocenters. The molecule has 0 spiro atoms. The molecule has 6 nitrogen and oxygen atoms in total. The lowest BCUT2D eigenvalue weighted by molar-refractivity contribution is -0.137. The molecule has 0 aliphatic carbocycles. The van der Waals surface area contributed by atoms with Gasteiger partial charge in [0, 0.05) is 24.6 Å². The van der Waals surface area contributed by atoms with Crippen LogP contribution < -0.4 is 11.1 Å². The highest BCUT2D eigenvalue weighted by atomic mass is 16.4. The number of unbranched alkanes of at least 4 members (excludes halogenated alkanes) is 1. The molecule has 0 saturated carbocycles. The molecule has 1 aromatic rings. The zero-order valence-corrected chi connectivity index (χ0v) is 11.5. The zero-order chi connectivity index (χ0) is 15.7. The van der Waals surface area contributed by atoms with E-state index in [0.29, 0.717) is 24.9 Å². The first-order valence-electron chi connectivity index (χ1n) is 6.56. The number of hydrogen-bond donors (Lipinski definition) is 3. The number of rotatable bonds is 8. The summed E-state index contributed by atoms with van der Waals surface area (Å²) in [5.74, 6) is -1.57. The van der Waals surface area contributed by atoms with E-state index in [1.165, 1.54) is 6.08 Å². The van der Waals surface area contributed by atoms with Gasteiger partial charge in [0.05, 0.1) is 0 Å². The van der Waals surface area contributed by atoms with E-state index in [1.54, 1.807) is 30.3 Å². The lowest BCUT2D eigenvalue weighted by Crippen LogP contribution is -2.22. The molecule has 0 bridgehead atoms. The predicted molar refractivity (Wildman–Crippen MR) is 78.5 cm³/mol. The molecular formula is C15H18N2O4. The fourth-order valence-electron chi connectivity index (χ4n) is 1.60. The fourth-order valence-corrected chi connectivity index (χ4v) is 1.60. The van der Waals surface area contributed by atoms with Gasteiger partial charge in [-0.05, 0) is 36.6 Å². The van der Waals surface area contributed by atoms with Crippen molar-refractivity contribution in [3.63, 3.8) is 0 Å². The van der Waals surface area contributed by atoms with Crippen LogP contribution in [0.3, 0.4) is 0 Å². The van der Waals surface area contributed by atoms with Crippen LogP contribution in [-0.4, -0.2) is 29.4 Å². The molecule has 0 radical (unpaired) electrons. The van der Waals surface area contributed by atoms with Crippen LogP contribution in [0, 0.1) is 0 Å². The van der Waals surface area contributed by atoms with E-state index >= 15 is 0 Å². The van der Waals surface area contributed by atoms with Crippen molar-refractivity contribution in [2.45, 2.75) is 19.3 Å². The van der Waals surface area contributed by atoms with Crippen molar-refractivity contribution in [1.82, 2.24) is 5.32 Å². The average molecular weight is 290 g/mol. The van der Waals surface area contributed by atoms with Crippen molar-refractivity contribution in [2.24, 2.45) is 5.73 Å². The third-order valence-corrected chi connectivity index (χ3v) is 2.74. The molecule has 0 fully saturated rings. The number of carboxylic acids is 1. The van der Waals surface area contributed by atoms with E-state index in [1.807, 2.05) is 0 Å².